The van der Waals surface area contributed by atoms with Gasteiger partial charge in [0, 0.05) is 17.0 Å². The Morgan fingerprint density at radius 3 is 3.09 bits per heavy atom. The summed E-state index contributed by atoms with van der Waals surface area (Å²) in [6.07, 6.45) is 4.60. The van der Waals surface area contributed by atoms with E-state index < -0.39 is 0 Å². The molecule has 0 spiro atoms. The molecule has 23 heavy (non-hydrogen) atoms. The summed E-state index contributed by atoms with van der Waals surface area (Å²) in [4.78, 5) is 27.5. The summed E-state index contributed by atoms with van der Waals surface area (Å²) >= 11 is 1.51. The molecule has 1 aliphatic carbocycles. The van der Waals surface area contributed by atoms with Gasteiger partial charge in [-0.15, -0.1) is 11.8 Å². The van der Waals surface area contributed by atoms with Gasteiger partial charge in [0.1, 0.15) is 0 Å². The van der Waals surface area contributed by atoms with Crippen molar-refractivity contribution in [1.29, 1.82) is 0 Å². The molecule has 2 atom stereocenters. The van der Waals surface area contributed by atoms with Gasteiger partial charge >= 0.3 is 0 Å². The lowest BCUT2D eigenvalue weighted by molar-refractivity contribution is -0.113. The lowest BCUT2D eigenvalue weighted by atomic mass is 9.89. The van der Waals surface area contributed by atoms with Crippen molar-refractivity contribution in [2.45, 2.75) is 42.7 Å². The Labute approximate surface area is 139 Å². The van der Waals surface area contributed by atoms with Crippen molar-refractivity contribution in [2.75, 3.05) is 24.2 Å². The Hall–Kier alpha value is -1.53. The van der Waals surface area contributed by atoms with Crippen LogP contribution in [0.15, 0.2) is 23.1 Å². The molecule has 2 aliphatic heterocycles. The minimum absolute atomic E-state index is 0.00850. The van der Waals surface area contributed by atoms with E-state index in [1.54, 1.807) is 0 Å². The summed E-state index contributed by atoms with van der Waals surface area (Å²) in [5.74, 6) is 0.483. The van der Waals surface area contributed by atoms with Crippen molar-refractivity contribution in [2.24, 2.45) is 0 Å². The van der Waals surface area contributed by atoms with Crippen LogP contribution in [0, 0.1) is 0 Å². The van der Waals surface area contributed by atoms with Crippen LogP contribution < -0.4 is 5.32 Å². The van der Waals surface area contributed by atoms with Gasteiger partial charge in [-0.25, -0.2) is 0 Å². The van der Waals surface area contributed by atoms with Crippen LogP contribution in [0.3, 0.4) is 0 Å². The second-order valence-electron chi connectivity index (χ2n) is 6.31. The number of nitrogens with zero attached hydrogens (tertiary/aromatic N) is 1. The molecule has 5 nitrogen and oxygen atoms in total. The Morgan fingerprint density at radius 2 is 2.17 bits per heavy atom. The van der Waals surface area contributed by atoms with Gasteiger partial charge in [-0.1, -0.05) is 12.8 Å². The molecule has 122 valence electrons. The number of carbonyl (C=O) groups excluding carboxylic acids is 2. The van der Waals surface area contributed by atoms with Crippen molar-refractivity contribution in [3.8, 4) is 0 Å². The van der Waals surface area contributed by atoms with Gasteiger partial charge in [0.05, 0.1) is 30.2 Å². The van der Waals surface area contributed by atoms with Gasteiger partial charge in [-0.3, -0.25) is 9.59 Å². The summed E-state index contributed by atoms with van der Waals surface area (Å²) < 4.78 is 5.85. The van der Waals surface area contributed by atoms with Gasteiger partial charge in [0.25, 0.3) is 5.91 Å². The highest BCUT2D eigenvalue weighted by Gasteiger charge is 2.37. The van der Waals surface area contributed by atoms with E-state index in [2.05, 4.69) is 5.32 Å². The Kier molecular flexibility index (Phi) is 4.03. The number of rotatable bonds is 1. The Balaban J connectivity index is 1.58. The van der Waals surface area contributed by atoms with Crippen molar-refractivity contribution >= 4 is 29.3 Å². The lowest BCUT2D eigenvalue weighted by Crippen LogP contribution is -2.54. The smallest absolute Gasteiger partial charge is 0.254 e. The van der Waals surface area contributed by atoms with Crippen molar-refractivity contribution in [3.63, 3.8) is 0 Å². The maximum absolute atomic E-state index is 13.0. The number of carbonyl (C=O) groups is 2. The molecule has 3 aliphatic rings. The topological polar surface area (TPSA) is 58.6 Å². The highest BCUT2D eigenvalue weighted by Crippen LogP contribution is 2.34. The minimum atomic E-state index is -0.00850. The van der Waals surface area contributed by atoms with Gasteiger partial charge in [0.2, 0.25) is 5.91 Å². The number of hydrogen-bond donors (Lipinski definition) is 1. The quantitative estimate of drug-likeness (QED) is 0.858. The first kappa shape index (κ1) is 15.0. The highest BCUT2D eigenvalue weighted by atomic mass is 32.2. The second-order valence-corrected chi connectivity index (χ2v) is 7.32. The lowest BCUT2D eigenvalue weighted by Gasteiger charge is -2.43. The number of anilines is 1. The van der Waals surface area contributed by atoms with Crippen LogP contribution in [0.2, 0.25) is 0 Å². The number of thioether (sulfide) groups is 1. The number of ether oxygens (including phenoxy) is 1. The predicted molar refractivity (Wildman–Crippen MR) is 88.8 cm³/mol. The van der Waals surface area contributed by atoms with E-state index in [1.165, 1.54) is 18.2 Å². The maximum Gasteiger partial charge on any atom is 0.254 e. The summed E-state index contributed by atoms with van der Waals surface area (Å²) in [5.41, 5.74) is 1.41. The number of hydrogen-bond acceptors (Lipinski definition) is 4. The Bertz CT molecular complexity index is 647. The third-order valence-corrected chi connectivity index (χ3v) is 5.93. The van der Waals surface area contributed by atoms with Crippen molar-refractivity contribution in [1.82, 2.24) is 4.90 Å². The van der Waals surface area contributed by atoms with Crippen LogP contribution in [0.5, 0.6) is 0 Å². The first-order chi connectivity index (χ1) is 11.2. The fourth-order valence-corrected chi connectivity index (χ4v) is 4.52. The van der Waals surface area contributed by atoms with Crippen LogP contribution in [-0.4, -0.2) is 47.8 Å². The largest absolute Gasteiger partial charge is 0.374 e. The molecule has 2 unspecified atom stereocenters. The second kappa shape index (κ2) is 6.17. The van der Waals surface area contributed by atoms with Crippen LogP contribution in [-0.2, 0) is 9.53 Å². The van der Waals surface area contributed by atoms with Crippen LogP contribution in [0.1, 0.15) is 36.0 Å². The van der Waals surface area contributed by atoms with Crippen molar-refractivity contribution in [3.05, 3.63) is 23.8 Å². The molecule has 1 saturated heterocycles. The van der Waals surface area contributed by atoms with Gasteiger partial charge < -0.3 is 15.0 Å². The standard InChI is InChI=1S/C17H20N2O3S/c20-16-10-23-15-6-5-11(9-12(15)18-16)17(21)19-7-8-22-14-4-2-1-3-13(14)19/h5-6,9,13-14H,1-4,7-8,10H2,(H,18,20). The zero-order valence-corrected chi connectivity index (χ0v) is 13.7. The molecule has 1 aromatic rings. The van der Waals surface area contributed by atoms with Gasteiger partial charge in [0.15, 0.2) is 0 Å². The molecule has 1 aromatic carbocycles. The number of amides is 2. The third kappa shape index (κ3) is 2.85. The molecule has 1 saturated carbocycles. The molecule has 1 N–H and O–H groups in total. The van der Waals surface area contributed by atoms with E-state index >= 15 is 0 Å². The van der Waals surface area contributed by atoms with E-state index in [0.29, 0.717) is 24.5 Å². The molecule has 6 heteroatoms. The van der Waals surface area contributed by atoms with E-state index in [-0.39, 0.29) is 24.0 Å². The van der Waals surface area contributed by atoms with Crippen LogP contribution >= 0.6 is 11.8 Å². The molecule has 2 heterocycles. The molecular weight excluding hydrogens is 312 g/mol. The molecule has 2 fully saturated rings. The summed E-state index contributed by atoms with van der Waals surface area (Å²) in [6.45, 7) is 1.27. The van der Waals surface area contributed by atoms with Gasteiger partial charge in [-0.05, 0) is 31.0 Å². The summed E-state index contributed by atoms with van der Waals surface area (Å²) in [5, 5.41) is 2.86. The molecule has 0 aromatic heterocycles. The average Bonchev–Trinajstić information content (AvgIpc) is 2.60. The number of nitrogens with one attached hydrogen (secondary N) is 1. The molecule has 0 bridgehead atoms. The molecule has 2 amide bonds. The molecular formula is C17H20N2O3S. The van der Waals surface area contributed by atoms with E-state index in [4.69, 9.17) is 4.74 Å². The zero-order valence-electron chi connectivity index (χ0n) is 12.9. The normalized spacial score (nSPS) is 27.0. The number of fused-ring (bicyclic) bond motifs is 2. The maximum atomic E-state index is 13.0. The Morgan fingerprint density at radius 1 is 1.30 bits per heavy atom. The fraction of sp³-hybridized carbons (Fsp3) is 0.529. The first-order valence-electron chi connectivity index (χ1n) is 8.21. The fourth-order valence-electron chi connectivity index (χ4n) is 3.73. The average molecular weight is 332 g/mol. The highest BCUT2D eigenvalue weighted by molar-refractivity contribution is 8.00. The van der Waals surface area contributed by atoms with Crippen LogP contribution in [0.4, 0.5) is 5.69 Å². The molecule has 0 radical (unpaired) electrons. The SMILES string of the molecule is O=C1CSc2ccc(C(=O)N3CCOC4CCCCC43)cc2N1. The van der Waals surface area contributed by atoms with E-state index in [9.17, 15) is 9.59 Å². The van der Waals surface area contributed by atoms with Crippen LogP contribution in [0.25, 0.3) is 0 Å². The summed E-state index contributed by atoms with van der Waals surface area (Å²) in [7, 11) is 0. The van der Waals surface area contributed by atoms with E-state index in [0.717, 1.165) is 29.8 Å². The monoisotopic (exact) mass is 332 g/mol. The van der Waals surface area contributed by atoms with E-state index in [1.807, 2.05) is 23.1 Å². The number of morpholine rings is 1. The predicted octanol–water partition coefficient (Wildman–Crippen LogP) is 2.51. The first-order valence-corrected chi connectivity index (χ1v) is 9.20. The molecule has 4 rings (SSSR count). The summed E-state index contributed by atoms with van der Waals surface area (Å²) in [6, 6.07) is 5.82. The number of benzene rings is 1. The van der Waals surface area contributed by atoms with Crippen molar-refractivity contribution < 1.29 is 14.3 Å². The minimum Gasteiger partial charge on any atom is -0.374 e. The third-order valence-electron chi connectivity index (χ3n) is 4.85. The zero-order chi connectivity index (χ0) is 15.8. The van der Waals surface area contributed by atoms with Gasteiger partial charge in [-0.2, -0.15) is 0 Å².